The molecule has 0 heterocycles. The van der Waals surface area contributed by atoms with E-state index in [-0.39, 0.29) is 24.9 Å². The van der Waals surface area contributed by atoms with Crippen molar-refractivity contribution >= 4 is 21.6 Å². The van der Waals surface area contributed by atoms with Crippen molar-refractivity contribution < 1.29 is 13.2 Å². The predicted octanol–water partition coefficient (Wildman–Crippen LogP) is 2.56. The normalized spacial score (nSPS) is 12.0. The number of amides is 1. The molecule has 124 valence electrons. The second kappa shape index (κ2) is 7.74. The number of sulfonamides is 1. The Morgan fingerprint density at radius 1 is 1.32 bits per heavy atom. The molecule has 0 atom stereocenters. The lowest BCUT2D eigenvalue weighted by molar-refractivity contribution is -0.116. The number of nitrogens with zero attached hydrogens (tertiary/aromatic N) is 1. The largest absolute Gasteiger partial charge is 0.326 e. The van der Waals surface area contributed by atoms with Gasteiger partial charge in [0, 0.05) is 24.7 Å². The highest BCUT2D eigenvalue weighted by Crippen LogP contribution is 2.21. The van der Waals surface area contributed by atoms with Gasteiger partial charge >= 0.3 is 0 Å². The highest BCUT2D eigenvalue weighted by atomic mass is 32.2. The summed E-state index contributed by atoms with van der Waals surface area (Å²) in [6.07, 6.45) is 2.14. The zero-order valence-electron chi connectivity index (χ0n) is 14.0. The number of anilines is 1. The van der Waals surface area contributed by atoms with Crippen LogP contribution < -0.4 is 5.32 Å². The quantitative estimate of drug-likeness (QED) is 0.837. The van der Waals surface area contributed by atoms with Crippen molar-refractivity contribution in [2.45, 2.75) is 46.6 Å². The van der Waals surface area contributed by atoms with Gasteiger partial charge in [0.1, 0.15) is 0 Å². The summed E-state index contributed by atoms with van der Waals surface area (Å²) in [6.45, 7) is 7.78. The number of aryl methyl sites for hydroxylation is 2. The van der Waals surface area contributed by atoms with E-state index in [1.54, 1.807) is 13.8 Å². The van der Waals surface area contributed by atoms with Gasteiger partial charge in [-0.25, -0.2) is 8.42 Å². The molecule has 1 aromatic carbocycles. The van der Waals surface area contributed by atoms with Crippen LogP contribution in [0.4, 0.5) is 5.69 Å². The molecule has 0 aliphatic rings. The summed E-state index contributed by atoms with van der Waals surface area (Å²) in [6, 6.07) is 5.74. The minimum absolute atomic E-state index is 0.142. The number of carbonyl (C=O) groups excluding carboxylic acids is 1. The second-order valence-corrected chi connectivity index (χ2v) is 7.66. The van der Waals surface area contributed by atoms with Crippen LogP contribution in [0.3, 0.4) is 0 Å². The molecule has 0 aromatic heterocycles. The van der Waals surface area contributed by atoms with E-state index in [1.165, 1.54) is 10.6 Å². The van der Waals surface area contributed by atoms with E-state index in [4.69, 9.17) is 0 Å². The van der Waals surface area contributed by atoms with E-state index in [9.17, 15) is 13.2 Å². The van der Waals surface area contributed by atoms with Crippen molar-refractivity contribution in [2.24, 2.45) is 0 Å². The standard InChI is InChI=1S/C16H26N2O3S/c1-6-14-9-7-8-13(4)16(14)17-15(19)10-11-18(12(2)3)22(5,20)21/h7-9,12H,6,10-11H2,1-5H3,(H,17,19). The lowest BCUT2D eigenvalue weighted by atomic mass is 10.1. The highest BCUT2D eigenvalue weighted by molar-refractivity contribution is 7.88. The fourth-order valence-electron chi connectivity index (χ4n) is 2.42. The van der Waals surface area contributed by atoms with Gasteiger partial charge in [0.2, 0.25) is 15.9 Å². The minimum Gasteiger partial charge on any atom is -0.326 e. The maximum absolute atomic E-state index is 12.2. The maximum atomic E-state index is 12.2. The Hall–Kier alpha value is -1.40. The Balaban J connectivity index is 2.76. The van der Waals surface area contributed by atoms with Gasteiger partial charge in [0.05, 0.1) is 6.26 Å². The minimum atomic E-state index is -3.30. The zero-order chi connectivity index (χ0) is 16.9. The van der Waals surface area contributed by atoms with Crippen LogP contribution >= 0.6 is 0 Å². The summed E-state index contributed by atoms with van der Waals surface area (Å²) in [5, 5.41) is 2.92. The number of benzene rings is 1. The molecule has 0 radical (unpaired) electrons. The van der Waals surface area contributed by atoms with E-state index in [0.717, 1.165) is 23.2 Å². The summed E-state index contributed by atoms with van der Waals surface area (Å²) < 4.78 is 24.7. The molecule has 1 rings (SSSR count). The fraction of sp³-hybridized carbons (Fsp3) is 0.562. The van der Waals surface area contributed by atoms with Crippen molar-refractivity contribution in [1.29, 1.82) is 0 Å². The first-order valence-electron chi connectivity index (χ1n) is 7.52. The monoisotopic (exact) mass is 326 g/mol. The van der Waals surface area contributed by atoms with Gasteiger partial charge in [-0.05, 0) is 38.3 Å². The second-order valence-electron chi connectivity index (χ2n) is 5.73. The number of para-hydroxylation sites is 1. The van der Waals surface area contributed by atoms with Crippen molar-refractivity contribution in [3.8, 4) is 0 Å². The molecule has 0 aliphatic heterocycles. The summed E-state index contributed by atoms with van der Waals surface area (Å²) in [4.78, 5) is 12.2. The summed E-state index contributed by atoms with van der Waals surface area (Å²) >= 11 is 0. The first-order chi connectivity index (χ1) is 10.2. The van der Waals surface area contributed by atoms with Gasteiger partial charge < -0.3 is 5.32 Å². The maximum Gasteiger partial charge on any atom is 0.225 e. The van der Waals surface area contributed by atoms with E-state index in [1.807, 2.05) is 32.0 Å². The summed E-state index contributed by atoms with van der Waals surface area (Å²) in [7, 11) is -3.30. The molecule has 0 unspecified atom stereocenters. The third-order valence-corrected chi connectivity index (χ3v) is 5.02. The number of rotatable bonds is 7. The number of hydrogen-bond donors (Lipinski definition) is 1. The van der Waals surface area contributed by atoms with Gasteiger partial charge in [-0.3, -0.25) is 4.79 Å². The van der Waals surface area contributed by atoms with Crippen LogP contribution in [0, 0.1) is 6.92 Å². The van der Waals surface area contributed by atoms with Crippen molar-refractivity contribution in [2.75, 3.05) is 18.1 Å². The Morgan fingerprint density at radius 3 is 2.45 bits per heavy atom. The third kappa shape index (κ3) is 5.10. The summed E-state index contributed by atoms with van der Waals surface area (Å²) in [5.41, 5.74) is 2.93. The highest BCUT2D eigenvalue weighted by Gasteiger charge is 2.21. The molecule has 22 heavy (non-hydrogen) atoms. The first-order valence-corrected chi connectivity index (χ1v) is 9.36. The molecule has 5 nitrogen and oxygen atoms in total. The lowest BCUT2D eigenvalue weighted by Gasteiger charge is -2.23. The Bertz CT molecular complexity index is 624. The van der Waals surface area contributed by atoms with E-state index in [0.29, 0.717) is 0 Å². The molecule has 0 aliphatic carbocycles. The molecular formula is C16H26N2O3S. The smallest absolute Gasteiger partial charge is 0.225 e. The third-order valence-electron chi connectivity index (χ3n) is 3.57. The molecule has 0 saturated carbocycles. The molecule has 0 saturated heterocycles. The fourth-order valence-corrected chi connectivity index (χ4v) is 3.61. The van der Waals surface area contributed by atoms with Gasteiger partial charge in [0.25, 0.3) is 0 Å². The average Bonchev–Trinajstić information content (AvgIpc) is 2.39. The first kappa shape index (κ1) is 18.6. The molecule has 1 N–H and O–H groups in total. The lowest BCUT2D eigenvalue weighted by Crippen LogP contribution is -2.38. The SMILES string of the molecule is CCc1cccc(C)c1NC(=O)CCN(C(C)C)S(C)(=O)=O. The predicted molar refractivity (Wildman–Crippen MR) is 90.5 cm³/mol. The van der Waals surface area contributed by atoms with Crippen LogP contribution in [0.15, 0.2) is 18.2 Å². The number of nitrogens with one attached hydrogen (secondary N) is 1. The molecular weight excluding hydrogens is 300 g/mol. The van der Waals surface area contributed by atoms with Crippen LogP contribution in [0.2, 0.25) is 0 Å². The zero-order valence-corrected chi connectivity index (χ0v) is 14.8. The summed E-state index contributed by atoms with van der Waals surface area (Å²) in [5.74, 6) is -0.168. The van der Waals surface area contributed by atoms with Gasteiger partial charge in [-0.1, -0.05) is 25.1 Å². The van der Waals surface area contributed by atoms with Crippen LogP contribution in [-0.4, -0.2) is 37.5 Å². The van der Waals surface area contributed by atoms with Crippen molar-refractivity contribution in [3.63, 3.8) is 0 Å². The van der Waals surface area contributed by atoms with Crippen molar-refractivity contribution in [3.05, 3.63) is 29.3 Å². The molecule has 0 bridgehead atoms. The number of carbonyl (C=O) groups is 1. The van der Waals surface area contributed by atoms with Gasteiger partial charge in [0.15, 0.2) is 0 Å². The van der Waals surface area contributed by atoms with Gasteiger partial charge in [-0.15, -0.1) is 0 Å². The number of hydrogen-bond acceptors (Lipinski definition) is 3. The Labute approximate surface area is 133 Å². The van der Waals surface area contributed by atoms with Gasteiger partial charge in [-0.2, -0.15) is 4.31 Å². The molecule has 1 amide bonds. The Morgan fingerprint density at radius 2 is 1.95 bits per heavy atom. The van der Waals surface area contributed by atoms with E-state index < -0.39 is 10.0 Å². The molecule has 0 spiro atoms. The molecule has 0 fully saturated rings. The van der Waals surface area contributed by atoms with E-state index >= 15 is 0 Å². The van der Waals surface area contributed by atoms with Crippen molar-refractivity contribution in [1.82, 2.24) is 4.31 Å². The Kier molecular flexibility index (Phi) is 6.56. The average molecular weight is 326 g/mol. The van der Waals surface area contributed by atoms with Crippen LogP contribution in [-0.2, 0) is 21.2 Å². The molecule has 1 aromatic rings. The van der Waals surface area contributed by atoms with E-state index in [2.05, 4.69) is 5.32 Å². The van der Waals surface area contributed by atoms with Crippen LogP contribution in [0.1, 0.15) is 38.3 Å². The van der Waals surface area contributed by atoms with Crippen LogP contribution in [0.25, 0.3) is 0 Å². The topological polar surface area (TPSA) is 66.5 Å². The molecule has 6 heteroatoms. The van der Waals surface area contributed by atoms with Crippen LogP contribution in [0.5, 0.6) is 0 Å².